The predicted molar refractivity (Wildman–Crippen MR) is 71.0 cm³/mol. The number of phenolic OH excluding ortho intramolecular Hbond substituents is 1. The highest BCUT2D eigenvalue weighted by Gasteiger charge is 2.27. The van der Waals surface area contributed by atoms with Crippen LogP contribution in [0, 0.1) is 0 Å². The molecule has 0 radical (unpaired) electrons. The zero-order valence-corrected chi connectivity index (χ0v) is 11.3. The van der Waals surface area contributed by atoms with Gasteiger partial charge in [-0.05, 0) is 18.2 Å². The molecule has 7 heteroatoms. The van der Waals surface area contributed by atoms with Crippen molar-refractivity contribution in [2.24, 2.45) is 0 Å². The first-order valence-corrected chi connectivity index (χ1v) is 6.46. The number of rotatable bonds is 3. The van der Waals surface area contributed by atoms with Gasteiger partial charge in [-0.2, -0.15) is 0 Å². The molecule has 0 saturated carbocycles. The van der Waals surface area contributed by atoms with E-state index in [1.54, 1.807) is 0 Å². The molecule has 1 aromatic rings. The lowest BCUT2D eigenvalue weighted by atomic mass is 10.1. The number of hydrogen-bond acceptors (Lipinski definition) is 4. The van der Waals surface area contributed by atoms with E-state index in [1.165, 1.54) is 23.1 Å². The lowest BCUT2D eigenvalue weighted by Crippen LogP contribution is -2.46. The molecule has 0 spiro atoms. The highest BCUT2D eigenvalue weighted by molar-refractivity contribution is 6.30. The summed E-state index contributed by atoms with van der Waals surface area (Å²) in [5.41, 5.74) is 0.144. The summed E-state index contributed by atoms with van der Waals surface area (Å²) in [6.07, 6.45) is -0.684. The van der Waals surface area contributed by atoms with Gasteiger partial charge >= 0.3 is 5.97 Å². The van der Waals surface area contributed by atoms with Gasteiger partial charge in [0.1, 0.15) is 5.75 Å². The monoisotopic (exact) mass is 299 g/mol. The molecule has 1 amide bonds. The van der Waals surface area contributed by atoms with Crippen LogP contribution in [0.3, 0.4) is 0 Å². The molecule has 0 aliphatic carbocycles. The highest BCUT2D eigenvalue weighted by Crippen LogP contribution is 2.24. The van der Waals surface area contributed by atoms with Crippen molar-refractivity contribution < 1.29 is 24.5 Å². The van der Waals surface area contributed by atoms with Crippen molar-refractivity contribution >= 4 is 23.5 Å². The Kier molecular flexibility index (Phi) is 4.46. The van der Waals surface area contributed by atoms with Crippen molar-refractivity contribution in [2.45, 2.75) is 12.5 Å². The minimum absolute atomic E-state index is 0.144. The number of amides is 1. The molecule has 0 aromatic heterocycles. The lowest BCUT2D eigenvalue weighted by Gasteiger charge is -2.32. The van der Waals surface area contributed by atoms with Crippen LogP contribution in [-0.4, -0.2) is 52.8 Å². The Balaban J connectivity index is 2.10. The zero-order chi connectivity index (χ0) is 14.7. The van der Waals surface area contributed by atoms with E-state index >= 15 is 0 Å². The highest BCUT2D eigenvalue weighted by atomic mass is 35.5. The number of ether oxygens (including phenoxy) is 1. The fourth-order valence-corrected chi connectivity index (χ4v) is 2.24. The Bertz CT molecular complexity index is 533. The van der Waals surface area contributed by atoms with E-state index in [1.807, 2.05) is 0 Å². The van der Waals surface area contributed by atoms with E-state index in [-0.39, 0.29) is 36.8 Å². The lowest BCUT2D eigenvalue weighted by molar-refractivity contribution is -0.141. The number of carbonyl (C=O) groups excluding carboxylic acids is 1. The van der Waals surface area contributed by atoms with Crippen molar-refractivity contribution in [3.05, 3.63) is 28.8 Å². The topological polar surface area (TPSA) is 87.1 Å². The van der Waals surface area contributed by atoms with Gasteiger partial charge in [-0.25, -0.2) is 0 Å². The number of phenols is 1. The average molecular weight is 300 g/mol. The number of carboxylic acids is 1. The molecule has 1 fully saturated rings. The van der Waals surface area contributed by atoms with Crippen LogP contribution in [0.25, 0.3) is 0 Å². The maximum Gasteiger partial charge on any atom is 0.306 e. The maximum atomic E-state index is 12.3. The Labute approximate surface area is 120 Å². The van der Waals surface area contributed by atoms with Crippen molar-refractivity contribution in [1.82, 2.24) is 4.90 Å². The van der Waals surface area contributed by atoms with Gasteiger partial charge < -0.3 is 19.8 Å². The SMILES string of the molecule is O=C(O)CC1CN(C(=O)c2ccc(Cl)cc2O)CCO1. The number of aromatic hydroxyl groups is 1. The molecule has 20 heavy (non-hydrogen) atoms. The van der Waals surface area contributed by atoms with Crippen molar-refractivity contribution in [3.63, 3.8) is 0 Å². The van der Waals surface area contributed by atoms with E-state index in [9.17, 15) is 14.7 Å². The molecule has 108 valence electrons. The van der Waals surface area contributed by atoms with Crippen molar-refractivity contribution in [1.29, 1.82) is 0 Å². The number of carboxylic acid groups (broad SMARTS) is 1. The van der Waals surface area contributed by atoms with Gasteiger partial charge in [0.15, 0.2) is 0 Å². The molecule has 1 atom stereocenters. The van der Waals surface area contributed by atoms with Crippen LogP contribution in [0.15, 0.2) is 18.2 Å². The normalized spacial score (nSPS) is 18.9. The molecule has 1 aliphatic heterocycles. The largest absolute Gasteiger partial charge is 0.507 e. The predicted octanol–water partition coefficient (Wildman–Crippen LogP) is 1.36. The molecule has 6 nitrogen and oxygen atoms in total. The summed E-state index contributed by atoms with van der Waals surface area (Å²) in [6, 6.07) is 4.26. The third-order valence-electron chi connectivity index (χ3n) is 3.02. The first kappa shape index (κ1) is 14.6. The second-order valence-electron chi connectivity index (χ2n) is 4.50. The molecule has 2 N–H and O–H groups in total. The first-order chi connectivity index (χ1) is 9.47. The van der Waals surface area contributed by atoms with E-state index < -0.39 is 12.1 Å². The van der Waals surface area contributed by atoms with Crippen molar-refractivity contribution in [2.75, 3.05) is 19.7 Å². The smallest absolute Gasteiger partial charge is 0.306 e. The van der Waals surface area contributed by atoms with Crippen LogP contribution in [0.2, 0.25) is 5.02 Å². The minimum Gasteiger partial charge on any atom is -0.507 e. The molecule has 1 aliphatic rings. The second kappa shape index (κ2) is 6.11. The third kappa shape index (κ3) is 3.40. The molecule has 1 unspecified atom stereocenters. The van der Waals surface area contributed by atoms with Crippen LogP contribution in [-0.2, 0) is 9.53 Å². The summed E-state index contributed by atoms with van der Waals surface area (Å²) in [7, 11) is 0. The average Bonchev–Trinajstić information content (AvgIpc) is 2.37. The summed E-state index contributed by atoms with van der Waals surface area (Å²) >= 11 is 5.72. The number of nitrogens with zero attached hydrogens (tertiary/aromatic N) is 1. The van der Waals surface area contributed by atoms with Gasteiger partial charge in [0.05, 0.1) is 24.7 Å². The zero-order valence-electron chi connectivity index (χ0n) is 10.6. The Morgan fingerprint density at radius 2 is 2.20 bits per heavy atom. The summed E-state index contributed by atoms with van der Waals surface area (Å²) in [5, 5.41) is 18.8. The fraction of sp³-hybridized carbons (Fsp3) is 0.385. The van der Waals surface area contributed by atoms with Crippen LogP contribution >= 0.6 is 11.6 Å². The molecule has 0 bridgehead atoms. The van der Waals surface area contributed by atoms with E-state index in [4.69, 9.17) is 21.4 Å². The van der Waals surface area contributed by atoms with Gasteiger partial charge in [0.25, 0.3) is 5.91 Å². The molecular formula is C13H14ClNO5. The number of aliphatic carboxylic acids is 1. The number of carbonyl (C=O) groups is 2. The summed E-state index contributed by atoms with van der Waals surface area (Å²) in [6.45, 7) is 0.822. The van der Waals surface area contributed by atoms with Gasteiger partial charge in [0.2, 0.25) is 0 Å². The molecule has 1 aromatic carbocycles. The quantitative estimate of drug-likeness (QED) is 0.880. The fourth-order valence-electron chi connectivity index (χ4n) is 2.08. The van der Waals surface area contributed by atoms with E-state index in [0.717, 1.165) is 0 Å². The van der Waals surface area contributed by atoms with E-state index in [2.05, 4.69) is 0 Å². The third-order valence-corrected chi connectivity index (χ3v) is 3.25. The number of morpholine rings is 1. The molecule has 2 rings (SSSR count). The number of hydrogen-bond donors (Lipinski definition) is 2. The molecule has 1 saturated heterocycles. The standard InChI is InChI=1S/C13H14ClNO5/c14-8-1-2-10(11(16)5-8)13(19)15-3-4-20-9(7-15)6-12(17)18/h1-2,5,9,16H,3-4,6-7H2,(H,17,18). The van der Waals surface area contributed by atoms with Crippen molar-refractivity contribution in [3.8, 4) is 5.75 Å². The molecular weight excluding hydrogens is 286 g/mol. The van der Waals surface area contributed by atoms with Gasteiger partial charge in [-0.3, -0.25) is 9.59 Å². The number of benzene rings is 1. The van der Waals surface area contributed by atoms with Crippen LogP contribution in [0.4, 0.5) is 0 Å². The van der Waals surface area contributed by atoms with Crippen LogP contribution in [0.5, 0.6) is 5.75 Å². The van der Waals surface area contributed by atoms with Gasteiger partial charge in [-0.1, -0.05) is 11.6 Å². The Morgan fingerprint density at radius 3 is 2.85 bits per heavy atom. The van der Waals surface area contributed by atoms with Gasteiger partial charge in [-0.15, -0.1) is 0 Å². The summed E-state index contributed by atoms with van der Waals surface area (Å²) in [4.78, 5) is 24.4. The summed E-state index contributed by atoms with van der Waals surface area (Å²) in [5.74, 6) is -1.53. The van der Waals surface area contributed by atoms with Gasteiger partial charge in [0, 0.05) is 18.1 Å². The minimum atomic E-state index is -0.973. The Hall–Kier alpha value is -1.79. The molecule has 1 heterocycles. The second-order valence-corrected chi connectivity index (χ2v) is 4.94. The van der Waals surface area contributed by atoms with Crippen LogP contribution in [0.1, 0.15) is 16.8 Å². The van der Waals surface area contributed by atoms with E-state index in [0.29, 0.717) is 11.6 Å². The maximum absolute atomic E-state index is 12.3. The van der Waals surface area contributed by atoms with Crippen LogP contribution < -0.4 is 0 Å². The number of halogens is 1. The first-order valence-electron chi connectivity index (χ1n) is 6.08. The Morgan fingerprint density at radius 1 is 1.45 bits per heavy atom. The summed E-state index contributed by atoms with van der Waals surface area (Å²) < 4.78 is 5.30.